The smallest absolute Gasteiger partial charge is 0.256 e. The Morgan fingerprint density at radius 2 is 1.83 bits per heavy atom. The van der Waals surface area contributed by atoms with Gasteiger partial charge in [0.25, 0.3) is 11.5 Å². The van der Waals surface area contributed by atoms with Gasteiger partial charge in [0.15, 0.2) is 5.65 Å². The van der Waals surface area contributed by atoms with Crippen molar-refractivity contribution in [2.75, 3.05) is 32.6 Å². The van der Waals surface area contributed by atoms with Crippen molar-refractivity contribution in [3.63, 3.8) is 0 Å². The molecule has 0 atom stereocenters. The summed E-state index contributed by atoms with van der Waals surface area (Å²) in [6.07, 6.45) is 2.09. The third-order valence-electron chi connectivity index (χ3n) is 4.95. The number of fused-ring (bicyclic) bond motifs is 1. The van der Waals surface area contributed by atoms with Crippen LogP contribution in [0.4, 0.5) is 5.95 Å². The number of nitrogens with zero attached hydrogens (tertiary/aromatic N) is 3. The SMILES string of the molecule is CNC.Cc1nc(NCc2ccco2)nc2c1ccc(=O)n2-c1ccc(C(=O)NCCCO)cc1. The summed E-state index contributed by atoms with van der Waals surface area (Å²) in [5.74, 6) is 0.883. The third kappa shape index (κ3) is 6.52. The van der Waals surface area contributed by atoms with Crippen LogP contribution in [0.15, 0.2) is 64.0 Å². The first-order valence-corrected chi connectivity index (χ1v) is 11.2. The number of rotatable bonds is 8. The van der Waals surface area contributed by atoms with Gasteiger partial charge < -0.3 is 25.5 Å². The third-order valence-corrected chi connectivity index (χ3v) is 4.95. The van der Waals surface area contributed by atoms with E-state index in [0.29, 0.717) is 42.4 Å². The Kier molecular flexibility index (Phi) is 9.10. The lowest BCUT2D eigenvalue weighted by Gasteiger charge is -2.13. The highest BCUT2D eigenvalue weighted by molar-refractivity contribution is 5.94. The Hall–Kier alpha value is -4.02. The monoisotopic (exact) mass is 478 g/mol. The first kappa shape index (κ1) is 25.6. The summed E-state index contributed by atoms with van der Waals surface area (Å²) in [5.41, 5.74) is 2.00. The average molecular weight is 479 g/mol. The molecule has 3 aromatic heterocycles. The lowest BCUT2D eigenvalue weighted by molar-refractivity contribution is 0.0951. The highest BCUT2D eigenvalue weighted by Gasteiger charge is 2.13. The summed E-state index contributed by atoms with van der Waals surface area (Å²) in [5, 5.41) is 18.2. The van der Waals surface area contributed by atoms with Crippen LogP contribution in [0, 0.1) is 6.92 Å². The molecule has 4 aromatic rings. The van der Waals surface area contributed by atoms with Gasteiger partial charge in [0.05, 0.1) is 24.2 Å². The molecule has 0 saturated carbocycles. The molecule has 0 radical (unpaired) electrons. The quantitative estimate of drug-likeness (QED) is 0.283. The molecule has 4 rings (SSSR count). The number of nitrogens with one attached hydrogen (secondary N) is 3. The molecule has 184 valence electrons. The number of anilines is 1. The Balaban J connectivity index is 0.00000108. The molecule has 10 nitrogen and oxygen atoms in total. The predicted octanol–water partition coefficient (Wildman–Crippen LogP) is 2.24. The Bertz CT molecular complexity index is 1300. The summed E-state index contributed by atoms with van der Waals surface area (Å²) >= 11 is 0. The number of hydrogen-bond acceptors (Lipinski definition) is 8. The van der Waals surface area contributed by atoms with E-state index in [1.807, 2.05) is 27.1 Å². The van der Waals surface area contributed by atoms with Gasteiger partial charge in [-0.3, -0.25) is 14.2 Å². The van der Waals surface area contributed by atoms with E-state index in [4.69, 9.17) is 9.52 Å². The summed E-state index contributed by atoms with van der Waals surface area (Å²) < 4.78 is 6.82. The van der Waals surface area contributed by atoms with E-state index in [1.54, 1.807) is 42.7 Å². The van der Waals surface area contributed by atoms with E-state index in [9.17, 15) is 9.59 Å². The van der Waals surface area contributed by atoms with Gasteiger partial charge in [0.1, 0.15) is 5.76 Å². The second-order valence-electron chi connectivity index (χ2n) is 7.69. The number of carbonyl (C=O) groups excluding carboxylic acids is 1. The molecule has 1 aromatic carbocycles. The summed E-state index contributed by atoms with van der Waals surface area (Å²) in [6.45, 7) is 2.68. The van der Waals surface area contributed by atoms with E-state index in [-0.39, 0.29) is 18.1 Å². The molecule has 1 amide bonds. The predicted molar refractivity (Wildman–Crippen MR) is 135 cm³/mol. The van der Waals surface area contributed by atoms with E-state index >= 15 is 0 Å². The maximum absolute atomic E-state index is 12.8. The standard InChI is InChI=1S/C23H23N5O4.C2H7N/c1-15-19-9-10-20(30)28(17-7-5-16(6-8-17)22(31)24-11-3-12-29)21(19)27-23(26-15)25-14-18-4-2-13-32-18;1-3-2/h2,4-10,13,29H,3,11-12,14H2,1H3,(H,24,31)(H,25,26,27);3H,1-2H3. The molecule has 35 heavy (non-hydrogen) atoms. The van der Waals surface area contributed by atoms with Crippen LogP contribution < -0.4 is 21.5 Å². The Morgan fingerprint density at radius 3 is 2.49 bits per heavy atom. The number of aryl methyl sites for hydroxylation is 1. The van der Waals surface area contributed by atoms with E-state index in [1.165, 1.54) is 10.6 Å². The van der Waals surface area contributed by atoms with Crippen LogP contribution in [0.2, 0.25) is 0 Å². The number of benzene rings is 1. The van der Waals surface area contributed by atoms with Crippen LogP contribution in [-0.4, -0.2) is 52.8 Å². The topological polar surface area (TPSA) is 134 Å². The molecule has 0 unspecified atom stereocenters. The number of aliphatic hydroxyl groups is 1. The van der Waals surface area contributed by atoms with Crippen molar-refractivity contribution in [1.29, 1.82) is 0 Å². The van der Waals surface area contributed by atoms with Crippen LogP contribution in [0.5, 0.6) is 0 Å². The molecule has 0 bridgehead atoms. The molecule has 0 aliphatic carbocycles. The average Bonchev–Trinajstić information content (AvgIpc) is 3.37. The van der Waals surface area contributed by atoms with Crippen molar-refractivity contribution in [3.8, 4) is 5.69 Å². The van der Waals surface area contributed by atoms with Crippen LogP contribution >= 0.6 is 0 Å². The summed E-state index contributed by atoms with van der Waals surface area (Å²) in [7, 11) is 3.75. The second kappa shape index (κ2) is 12.4. The zero-order chi connectivity index (χ0) is 25.2. The molecule has 0 aliphatic heterocycles. The van der Waals surface area contributed by atoms with Crippen LogP contribution in [0.3, 0.4) is 0 Å². The number of amides is 1. The molecular formula is C25H30N6O4. The van der Waals surface area contributed by atoms with Crippen molar-refractivity contribution in [2.24, 2.45) is 0 Å². The lowest BCUT2D eigenvalue weighted by atomic mass is 10.1. The molecule has 0 fully saturated rings. The molecule has 10 heteroatoms. The van der Waals surface area contributed by atoms with Gasteiger partial charge in [-0.1, -0.05) is 0 Å². The van der Waals surface area contributed by atoms with Gasteiger partial charge in [0.2, 0.25) is 5.95 Å². The minimum atomic E-state index is -0.243. The largest absolute Gasteiger partial charge is 0.467 e. The van der Waals surface area contributed by atoms with Crippen LogP contribution in [0.1, 0.15) is 28.2 Å². The first-order valence-electron chi connectivity index (χ1n) is 11.2. The van der Waals surface area contributed by atoms with Gasteiger partial charge in [0, 0.05) is 30.2 Å². The highest BCUT2D eigenvalue weighted by atomic mass is 16.3. The minimum absolute atomic E-state index is 0.0167. The normalized spacial score (nSPS) is 10.5. The first-order chi connectivity index (χ1) is 17.0. The molecular weight excluding hydrogens is 448 g/mol. The van der Waals surface area contributed by atoms with Crippen LogP contribution in [0.25, 0.3) is 16.7 Å². The number of pyridine rings is 1. The summed E-state index contributed by atoms with van der Waals surface area (Å²) in [4.78, 5) is 34.0. The van der Waals surface area contributed by atoms with Gasteiger partial charge >= 0.3 is 0 Å². The van der Waals surface area contributed by atoms with Gasteiger partial charge in [-0.2, -0.15) is 4.98 Å². The van der Waals surface area contributed by atoms with Gasteiger partial charge in [-0.25, -0.2) is 4.98 Å². The number of furan rings is 1. The van der Waals surface area contributed by atoms with Gasteiger partial charge in [-0.15, -0.1) is 0 Å². The number of aromatic nitrogens is 3. The van der Waals surface area contributed by atoms with E-state index < -0.39 is 0 Å². The fourth-order valence-electron chi connectivity index (χ4n) is 3.32. The zero-order valence-corrected chi connectivity index (χ0v) is 20.0. The maximum atomic E-state index is 12.8. The van der Waals surface area contributed by atoms with Crippen LogP contribution in [-0.2, 0) is 6.54 Å². The summed E-state index contributed by atoms with van der Waals surface area (Å²) in [6, 6.07) is 13.5. The number of aliphatic hydroxyl groups excluding tert-OH is 1. The maximum Gasteiger partial charge on any atom is 0.256 e. The molecule has 4 N–H and O–H groups in total. The van der Waals surface area contributed by atoms with Gasteiger partial charge in [-0.05, 0) is 69.9 Å². The van der Waals surface area contributed by atoms with E-state index in [2.05, 4.69) is 25.9 Å². The van der Waals surface area contributed by atoms with Crippen molar-refractivity contribution in [3.05, 3.63) is 82.2 Å². The Morgan fingerprint density at radius 1 is 1.09 bits per heavy atom. The van der Waals surface area contributed by atoms with E-state index in [0.717, 1.165) is 16.8 Å². The van der Waals surface area contributed by atoms with Crippen molar-refractivity contribution in [2.45, 2.75) is 19.9 Å². The van der Waals surface area contributed by atoms with Crippen molar-refractivity contribution in [1.82, 2.24) is 25.2 Å². The molecule has 0 aliphatic rings. The zero-order valence-electron chi connectivity index (χ0n) is 20.0. The Labute approximate surface area is 203 Å². The molecule has 3 heterocycles. The minimum Gasteiger partial charge on any atom is -0.467 e. The molecule has 0 saturated heterocycles. The number of hydrogen-bond donors (Lipinski definition) is 4. The fourth-order valence-corrected chi connectivity index (χ4v) is 3.32. The fraction of sp³-hybridized carbons (Fsp3) is 0.280. The van der Waals surface area contributed by atoms with Crippen molar-refractivity contribution >= 4 is 22.9 Å². The second-order valence-corrected chi connectivity index (χ2v) is 7.69. The molecule has 0 spiro atoms. The van der Waals surface area contributed by atoms with Crippen molar-refractivity contribution < 1.29 is 14.3 Å². The number of carbonyl (C=O) groups is 1. The highest BCUT2D eigenvalue weighted by Crippen LogP contribution is 2.19. The lowest BCUT2D eigenvalue weighted by Crippen LogP contribution is -2.25.